The lowest BCUT2D eigenvalue weighted by Crippen LogP contribution is -2.60. The number of nitrogens with two attached hydrogens (primary N) is 2. The molecule has 2 aromatic carbocycles. The van der Waals surface area contributed by atoms with E-state index in [1.165, 1.54) is 0 Å². The summed E-state index contributed by atoms with van der Waals surface area (Å²) >= 11 is 8.90. The minimum absolute atomic E-state index is 0.106. The van der Waals surface area contributed by atoms with Gasteiger partial charge in [0, 0.05) is 10.5 Å². The Labute approximate surface area is 251 Å². The number of hydrogen-bond acceptors (Lipinski definition) is 10. The first kappa shape index (κ1) is 34.1. The molecule has 7 N–H and O–H groups in total. The van der Waals surface area contributed by atoms with Crippen LogP contribution in [0.25, 0.3) is 0 Å². The number of benzene rings is 2. The summed E-state index contributed by atoms with van der Waals surface area (Å²) < 4.78 is 3.80. The van der Waals surface area contributed by atoms with E-state index in [1.54, 1.807) is 39.8 Å². The summed E-state index contributed by atoms with van der Waals surface area (Å²) in [6.07, 6.45) is 0.660. The maximum Gasteiger partial charge on any atom is 0.337 e. The van der Waals surface area contributed by atoms with Crippen molar-refractivity contribution >= 4 is 49.0 Å². The lowest BCUT2D eigenvalue weighted by atomic mass is 9.92. The third-order valence-corrected chi connectivity index (χ3v) is 7.53. The van der Waals surface area contributed by atoms with Crippen molar-refractivity contribution in [3.8, 4) is 5.75 Å². The molecule has 0 bridgehead atoms. The van der Waals surface area contributed by atoms with Crippen molar-refractivity contribution in [1.82, 2.24) is 10.6 Å². The van der Waals surface area contributed by atoms with Crippen molar-refractivity contribution < 1.29 is 29.0 Å². The average Bonchev–Trinajstić information content (AvgIpc) is 2.91. The average molecular weight is 605 g/mol. The summed E-state index contributed by atoms with van der Waals surface area (Å²) in [7, 11) is 0. The summed E-state index contributed by atoms with van der Waals surface area (Å²) in [5.74, 6) is -3.29. The molecular weight excluding hydrogens is 564 g/mol. The van der Waals surface area contributed by atoms with Gasteiger partial charge in [-0.15, -0.1) is 0 Å². The Morgan fingerprint density at radius 3 is 2.10 bits per heavy atom. The number of thiol groups is 2. The molecule has 10 nitrogen and oxygen atoms in total. The second-order valence-electron chi connectivity index (χ2n) is 10.3. The molecule has 0 heterocycles. The number of aryl methyl sites for hydroxylation is 2. The van der Waals surface area contributed by atoms with Crippen molar-refractivity contribution in [3.63, 3.8) is 0 Å². The van der Waals surface area contributed by atoms with E-state index in [0.29, 0.717) is 0 Å². The van der Waals surface area contributed by atoms with Crippen molar-refractivity contribution in [2.45, 2.75) is 75.9 Å². The Morgan fingerprint density at radius 2 is 1.56 bits per heavy atom. The number of rotatable bonds is 13. The number of carbonyl (C=O) groups excluding carboxylic acids is 4. The fraction of sp³-hybridized carbons (Fsp3) is 0.448. The fourth-order valence-corrected chi connectivity index (χ4v) is 4.91. The molecule has 2 unspecified atom stereocenters. The van der Waals surface area contributed by atoms with Gasteiger partial charge in [-0.05, 0) is 74.4 Å². The van der Waals surface area contributed by atoms with Gasteiger partial charge in [-0.1, -0.05) is 37.3 Å². The third kappa shape index (κ3) is 9.77. The summed E-state index contributed by atoms with van der Waals surface area (Å²) in [6.45, 7) is 6.91. The molecule has 0 aliphatic carbocycles. The van der Waals surface area contributed by atoms with Crippen LogP contribution < -0.4 is 22.1 Å². The van der Waals surface area contributed by atoms with Gasteiger partial charge < -0.3 is 31.9 Å². The minimum Gasteiger partial charge on any atom is -0.508 e. The maximum atomic E-state index is 13.3. The molecule has 41 heavy (non-hydrogen) atoms. The van der Waals surface area contributed by atoms with E-state index >= 15 is 0 Å². The Kier molecular flexibility index (Phi) is 12.7. The molecule has 0 radical (unpaired) electrons. The molecule has 0 aromatic heterocycles. The number of amides is 2. The predicted octanol–water partition coefficient (Wildman–Crippen LogP) is 1.52. The molecule has 5 atom stereocenters. The highest BCUT2D eigenvalue weighted by atomic mass is 32.1. The van der Waals surface area contributed by atoms with Gasteiger partial charge in [0.1, 0.15) is 23.9 Å². The van der Waals surface area contributed by atoms with Crippen LogP contribution in [0, 0.1) is 13.8 Å². The zero-order chi connectivity index (χ0) is 30.9. The van der Waals surface area contributed by atoms with Crippen LogP contribution >= 0.6 is 25.3 Å². The number of phenols is 1. The van der Waals surface area contributed by atoms with Gasteiger partial charge in [-0.25, -0.2) is 9.59 Å². The quantitative estimate of drug-likeness (QED) is 0.102. The highest BCUT2D eigenvalue weighted by Crippen LogP contribution is 2.26. The van der Waals surface area contributed by atoms with Gasteiger partial charge in [-0.3, -0.25) is 9.59 Å². The van der Waals surface area contributed by atoms with Crippen molar-refractivity contribution in [2.24, 2.45) is 11.5 Å². The highest BCUT2D eigenvalue weighted by molar-refractivity contribution is 7.82. The molecular formula is C29H40N4O6S2. The number of esters is 2. The predicted molar refractivity (Wildman–Crippen MR) is 164 cm³/mol. The monoisotopic (exact) mass is 604 g/mol. The van der Waals surface area contributed by atoms with E-state index in [0.717, 1.165) is 22.3 Å². The molecule has 0 saturated heterocycles. The lowest BCUT2D eigenvalue weighted by Gasteiger charge is -2.33. The zero-order valence-corrected chi connectivity index (χ0v) is 25.5. The molecule has 0 aliphatic heterocycles. The Morgan fingerprint density at radius 1 is 0.976 bits per heavy atom. The smallest absolute Gasteiger partial charge is 0.337 e. The van der Waals surface area contributed by atoms with Crippen LogP contribution in [0.1, 0.15) is 42.5 Å². The van der Waals surface area contributed by atoms with E-state index in [1.807, 2.05) is 30.3 Å². The molecule has 0 saturated carbocycles. The van der Waals surface area contributed by atoms with Gasteiger partial charge in [0.15, 0.2) is 0 Å². The summed E-state index contributed by atoms with van der Waals surface area (Å²) in [5, 5.41) is 15.0. The number of aromatic hydroxyl groups is 1. The summed E-state index contributed by atoms with van der Waals surface area (Å²) in [5.41, 5.74) is 15.1. The normalized spacial score (nSPS) is 15.5. The van der Waals surface area contributed by atoms with Crippen LogP contribution in [0.15, 0.2) is 42.5 Å². The largest absolute Gasteiger partial charge is 0.508 e. The SMILES string of the molecule is CCC(N)C(=O)OC(=O)[C@H](NC(=O)[C@@H](CS)NC(=O)[C@@H](N)Cc1c(C)cc(O)cc1C)C(C)(S)Cc1ccccc1. The van der Waals surface area contributed by atoms with Gasteiger partial charge in [0.05, 0.1) is 6.04 Å². The van der Waals surface area contributed by atoms with Gasteiger partial charge in [-0.2, -0.15) is 25.3 Å². The molecule has 2 rings (SSSR count). The minimum atomic E-state index is -1.39. The van der Waals surface area contributed by atoms with Crippen LogP contribution in [-0.2, 0) is 36.8 Å². The maximum absolute atomic E-state index is 13.3. The van der Waals surface area contributed by atoms with Crippen molar-refractivity contribution in [2.75, 3.05) is 5.75 Å². The molecule has 2 aromatic rings. The van der Waals surface area contributed by atoms with Gasteiger partial charge in [0.25, 0.3) is 0 Å². The van der Waals surface area contributed by atoms with Crippen LogP contribution in [0.3, 0.4) is 0 Å². The second kappa shape index (κ2) is 15.2. The standard InChI is InChI=1S/C29H40N4O6S2/c1-5-21(30)27(37)39-28(38)24(29(4,41)14-18-9-7-6-8-10-18)33-26(36)23(15-40)32-25(35)22(31)13-20-16(2)11-19(34)12-17(20)3/h6-12,21-24,34,40-41H,5,13-15,30-31H2,1-4H3,(H,32,35)(H,33,36)/t21?,22-,23+,24-,29?/m0/s1. The molecule has 0 fully saturated rings. The van der Waals surface area contributed by atoms with Crippen LogP contribution in [0.2, 0.25) is 0 Å². The van der Waals surface area contributed by atoms with Crippen LogP contribution in [0.5, 0.6) is 5.75 Å². The number of ether oxygens (including phenoxy) is 1. The van der Waals surface area contributed by atoms with E-state index in [9.17, 15) is 24.3 Å². The first-order valence-electron chi connectivity index (χ1n) is 13.2. The van der Waals surface area contributed by atoms with Gasteiger partial charge >= 0.3 is 11.9 Å². The molecule has 224 valence electrons. The Bertz CT molecular complexity index is 1220. The van der Waals surface area contributed by atoms with Crippen LogP contribution in [-0.4, -0.2) is 63.5 Å². The number of hydrogen-bond donors (Lipinski definition) is 7. The Balaban J connectivity index is 2.22. The summed E-state index contributed by atoms with van der Waals surface area (Å²) in [4.78, 5) is 51.7. The second-order valence-corrected chi connectivity index (χ2v) is 11.7. The fourth-order valence-electron chi connectivity index (χ4n) is 4.30. The first-order valence-corrected chi connectivity index (χ1v) is 14.3. The third-order valence-electron chi connectivity index (χ3n) is 6.75. The van der Waals surface area contributed by atoms with Crippen molar-refractivity contribution in [3.05, 3.63) is 64.7 Å². The number of phenolic OH excluding ortho intramolecular Hbond substituents is 1. The van der Waals surface area contributed by atoms with Gasteiger partial charge in [0.2, 0.25) is 11.8 Å². The molecule has 12 heteroatoms. The molecule has 0 spiro atoms. The van der Waals surface area contributed by atoms with E-state index in [4.69, 9.17) is 16.2 Å². The molecule has 2 amide bonds. The van der Waals surface area contributed by atoms with E-state index in [2.05, 4.69) is 35.9 Å². The first-order chi connectivity index (χ1) is 19.2. The van der Waals surface area contributed by atoms with Crippen molar-refractivity contribution in [1.29, 1.82) is 0 Å². The number of nitrogens with one attached hydrogen (secondary N) is 2. The Hall–Kier alpha value is -3.06. The lowest BCUT2D eigenvalue weighted by molar-refractivity contribution is -0.163. The van der Waals surface area contributed by atoms with Crippen LogP contribution in [0.4, 0.5) is 0 Å². The highest BCUT2D eigenvalue weighted by Gasteiger charge is 2.41. The summed E-state index contributed by atoms with van der Waals surface area (Å²) in [6, 6.07) is 7.77. The number of carbonyl (C=O) groups is 4. The topological polar surface area (TPSA) is 174 Å². The van der Waals surface area contributed by atoms with E-state index < -0.39 is 52.7 Å². The van der Waals surface area contributed by atoms with E-state index in [-0.39, 0.29) is 30.8 Å². The zero-order valence-electron chi connectivity index (χ0n) is 23.7. The molecule has 0 aliphatic rings.